The lowest BCUT2D eigenvalue weighted by Gasteiger charge is -2.17. The Bertz CT molecular complexity index is 404. The molecule has 0 saturated carbocycles. The van der Waals surface area contributed by atoms with Gasteiger partial charge < -0.3 is 15.2 Å². The molecule has 0 bridgehead atoms. The smallest absolute Gasteiger partial charge is 0.320 e. The van der Waals surface area contributed by atoms with Crippen LogP contribution in [0.25, 0.3) is 0 Å². The summed E-state index contributed by atoms with van der Waals surface area (Å²) in [5.74, 6) is 0.142. The molecule has 0 aliphatic rings. The summed E-state index contributed by atoms with van der Waals surface area (Å²) in [6.45, 7) is 7.04. The first kappa shape index (κ1) is 15.5. The molecular formula is C15H23NO3. The van der Waals surface area contributed by atoms with Crippen LogP contribution in [0.5, 0.6) is 5.75 Å². The van der Waals surface area contributed by atoms with Gasteiger partial charge in [0.25, 0.3) is 0 Å². The second-order valence-corrected chi connectivity index (χ2v) is 5.03. The minimum absolute atomic E-state index is 0.0789. The van der Waals surface area contributed by atoms with E-state index in [2.05, 4.69) is 5.32 Å². The number of carboxylic acid groups (broad SMARTS) is 1. The van der Waals surface area contributed by atoms with Crippen LogP contribution in [0.3, 0.4) is 0 Å². The monoisotopic (exact) mass is 265 g/mol. The molecule has 0 spiro atoms. The highest BCUT2D eigenvalue weighted by Gasteiger charge is 2.19. The van der Waals surface area contributed by atoms with Crippen LogP contribution in [-0.2, 0) is 4.79 Å². The van der Waals surface area contributed by atoms with E-state index in [4.69, 9.17) is 9.84 Å². The molecule has 0 saturated heterocycles. The van der Waals surface area contributed by atoms with Crippen LogP contribution >= 0.6 is 0 Å². The van der Waals surface area contributed by atoms with Gasteiger partial charge in [0.05, 0.1) is 6.61 Å². The summed E-state index contributed by atoms with van der Waals surface area (Å²) in [4.78, 5) is 11.0. The van der Waals surface area contributed by atoms with Gasteiger partial charge in [-0.15, -0.1) is 0 Å². The predicted octanol–water partition coefficient (Wildman–Crippen LogP) is 2.46. The van der Waals surface area contributed by atoms with Crippen molar-refractivity contribution in [2.24, 2.45) is 5.92 Å². The number of aryl methyl sites for hydroxylation is 1. The minimum atomic E-state index is -0.797. The van der Waals surface area contributed by atoms with Crippen molar-refractivity contribution >= 4 is 5.97 Å². The van der Waals surface area contributed by atoms with E-state index in [1.54, 1.807) is 0 Å². The number of aliphatic carboxylic acids is 1. The van der Waals surface area contributed by atoms with E-state index >= 15 is 0 Å². The van der Waals surface area contributed by atoms with Crippen LogP contribution in [0.15, 0.2) is 24.3 Å². The largest absolute Gasteiger partial charge is 0.494 e. The van der Waals surface area contributed by atoms with Crippen molar-refractivity contribution in [1.29, 1.82) is 0 Å². The van der Waals surface area contributed by atoms with Crippen molar-refractivity contribution in [1.82, 2.24) is 5.32 Å². The lowest BCUT2D eigenvalue weighted by Crippen LogP contribution is -2.41. The van der Waals surface area contributed by atoms with E-state index in [0.717, 1.165) is 12.2 Å². The fraction of sp³-hybridized carbons (Fsp3) is 0.533. The van der Waals surface area contributed by atoms with Crippen molar-refractivity contribution in [3.63, 3.8) is 0 Å². The topological polar surface area (TPSA) is 58.6 Å². The van der Waals surface area contributed by atoms with Crippen molar-refractivity contribution in [2.75, 3.05) is 13.2 Å². The maximum atomic E-state index is 11.0. The molecule has 1 aromatic rings. The zero-order chi connectivity index (χ0) is 14.3. The molecule has 0 aliphatic heterocycles. The minimum Gasteiger partial charge on any atom is -0.494 e. The second kappa shape index (κ2) is 7.79. The van der Waals surface area contributed by atoms with Crippen molar-refractivity contribution < 1.29 is 14.6 Å². The van der Waals surface area contributed by atoms with Gasteiger partial charge in [-0.2, -0.15) is 0 Å². The summed E-state index contributed by atoms with van der Waals surface area (Å²) in [5.41, 5.74) is 1.17. The highest BCUT2D eigenvalue weighted by Crippen LogP contribution is 2.12. The fourth-order valence-electron chi connectivity index (χ4n) is 1.83. The molecule has 4 nitrogen and oxygen atoms in total. The molecule has 0 fully saturated rings. The van der Waals surface area contributed by atoms with Crippen LogP contribution in [0.4, 0.5) is 0 Å². The molecule has 2 N–H and O–H groups in total. The number of rotatable bonds is 8. The Hall–Kier alpha value is -1.55. The lowest BCUT2D eigenvalue weighted by atomic mass is 10.0. The summed E-state index contributed by atoms with van der Waals surface area (Å²) in [5, 5.41) is 12.1. The van der Waals surface area contributed by atoms with Gasteiger partial charge >= 0.3 is 5.97 Å². The van der Waals surface area contributed by atoms with Gasteiger partial charge in [-0.25, -0.2) is 0 Å². The van der Waals surface area contributed by atoms with Gasteiger partial charge in [-0.05, 0) is 43.5 Å². The Kier molecular flexibility index (Phi) is 6.36. The normalized spacial score (nSPS) is 12.4. The lowest BCUT2D eigenvalue weighted by molar-refractivity contribution is -0.140. The number of carboxylic acids is 1. The average Bonchev–Trinajstić information content (AvgIpc) is 2.32. The second-order valence-electron chi connectivity index (χ2n) is 5.03. The number of ether oxygens (including phenoxy) is 1. The van der Waals surface area contributed by atoms with Gasteiger partial charge in [0, 0.05) is 0 Å². The molecule has 1 atom stereocenters. The quantitative estimate of drug-likeness (QED) is 0.709. The predicted molar refractivity (Wildman–Crippen MR) is 75.6 cm³/mol. The van der Waals surface area contributed by atoms with Crippen LogP contribution in [0.1, 0.15) is 25.8 Å². The van der Waals surface area contributed by atoms with E-state index in [1.807, 2.05) is 45.0 Å². The van der Waals surface area contributed by atoms with Gasteiger partial charge in [0.15, 0.2) is 0 Å². The molecule has 0 aliphatic carbocycles. The fourth-order valence-corrected chi connectivity index (χ4v) is 1.83. The average molecular weight is 265 g/mol. The number of carbonyl (C=O) groups is 1. The van der Waals surface area contributed by atoms with Crippen LogP contribution in [0, 0.1) is 12.8 Å². The molecule has 0 heterocycles. The van der Waals surface area contributed by atoms with Gasteiger partial charge in [-0.1, -0.05) is 26.0 Å². The van der Waals surface area contributed by atoms with Crippen molar-refractivity contribution in [3.05, 3.63) is 29.8 Å². The summed E-state index contributed by atoms with van der Waals surface area (Å²) in [6.07, 6.45) is 0.782. The number of hydrogen-bond acceptors (Lipinski definition) is 3. The standard InChI is InChI=1S/C15H23NO3/c1-11(2)14(15(17)18)16-8-5-9-19-13-7-4-6-12(3)10-13/h4,6-7,10-11,14,16H,5,8-9H2,1-3H3,(H,17,18). The Labute approximate surface area is 114 Å². The number of hydrogen-bond donors (Lipinski definition) is 2. The third kappa shape index (κ3) is 5.75. The molecule has 106 valence electrons. The Morgan fingerprint density at radius 1 is 1.42 bits per heavy atom. The summed E-state index contributed by atoms with van der Waals surface area (Å²) in [7, 11) is 0. The Balaban J connectivity index is 2.22. The highest BCUT2D eigenvalue weighted by molar-refractivity contribution is 5.73. The maximum absolute atomic E-state index is 11.0. The zero-order valence-corrected chi connectivity index (χ0v) is 11.8. The first-order valence-corrected chi connectivity index (χ1v) is 6.66. The molecular weight excluding hydrogens is 242 g/mol. The van der Waals surface area contributed by atoms with Crippen LogP contribution in [0.2, 0.25) is 0 Å². The first-order valence-electron chi connectivity index (χ1n) is 6.66. The molecule has 1 unspecified atom stereocenters. The van der Waals surface area contributed by atoms with Crippen molar-refractivity contribution in [3.8, 4) is 5.75 Å². The van der Waals surface area contributed by atoms with E-state index in [1.165, 1.54) is 5.56 Å². The Morgan fingerprint density at radius 2 is 2.16 bits per heavy atom. The molecule has 1 rings (SSSR count). The zero-order valence-electron chi connectivity index (χ0n) is 11.8. The van der Waals surface area contributed by atoms with E-state index < -0.39 is 12.0 Å². The number of nitrogens with one attached hydrogen (secondary N) is 1. The van der Waals surface area contributed by atoms with E-state index in [-0.39, 0.29) is 5.92 Å². The highest BCUT2D eigenvalue weighted by atomic mass is 16.5. The SMILES string of the molecule is Cc1cccc(OCCCNC(C(=O)O)C(C)C)c1. The van der Waals surface area contributed by atoms with Gasteiger partial charge in [0.1, 0.15) is 11.8 Å². The molecule has 0 radical (unpaired) electrons. The van der Waals surface area contributed by atoms with Gasteiger partial charge in [-0.3, -0.25) is 4.79 Å². The summed E-state index contributed by atoms with van der Waals surface area (Å²) in [6, 6.07) is 7.41. The van der Waals surface area contributed by atoms with Crippen molar-refractivity contribution in [2.45, 2.75) is 33.2 Å². The summed E-state index contributed by atoms with van der Waals surface area (Å²) < 4.78 is 5.60. The van der Waals surface area contributed by atoms with E-state index in [9.17, 15) is 4.79 Å². The van der Waals surface area contributed by atoms with Gasteiger partial charge in [0.2, 0.25) is 0 Å². The van der Waals surface area contributed by atoms with E-state index in [0.29, 0.717) is 13.2 Å². The van der Waals surface area contributed by atoms with Crippen LogP contribution in [-0.4, -0.2) is 30.3 Å². The Morgan fingerprint density at radius 3 is 2.74 bits per heavy atom. The molecule has 0 amide bonds. The summed E-state index contributed by atoms with van der Waals surface area (Å²) >= 11 is 0. The third-order valence-corrected chi connectivity index (χ3v) is 2.88. The van der Waals surface area contributed by atoms with Crippen LogP contribution < -0.4 is 10.1 Å². The maximum Gasteiger partial charge on any atom is 0.320 e. The first-order chi connectivity index (χ1) is 9.00. The third-order valence-electron chi connectivity index (χ3n) is 2.88. The number of benzene rings is 1. The molecule has 0 aromatic heterocycles. The molecule has 4 heteroatoms. The molecule has 1 aromatic carbocycles. The molecule has 19 heavy (non-hydrogen) atoms.